The molecular formula is C23H26N2O2S. The summed E-state index contributed by atoms with van der Waals surface area (Å²) < 4.78 is 1.26. The van der Waals surface area contributed by atoms with E-state index in [0.717, 1.165) is 6.42 Å². The number of fused-ring (bicyclic) bond motifs is 1. The number of benzene rings is 2. The normalized spacial score (nSPS) is 11.4. The first kappa shape index (κ1) is 20.1. The molecule has 0 spiro atoms. The zero-order chi connectivity index (χ0) is 20.1. The Hall–Kier alpha value is -2.66. The number of rotatable bonds is 6. The largest absolute Gasteiger partial charge is 0.354 e. The standard InChI is InChI=1S/C23H26N2O2S/c1-23(2,3)18-10-8-16(9-11-18)22(27)25-14-21(26)24-13-12-17-15-28-20-7-5-4-6-19(17)20/h4-11,15H,12-14H2,1-3H3,(H,24,26)(H,25,27). The molecule has 28 heavy (non-hydrogen) atoms. The van der Waals surface area contributed by atoms with Crippen LogP contribution in [0.5, 0.6) is 0 Å². The number of hydrogen-bond donors (Lipinski definition) is 2. The molecule has 0 saturated carbocycles. The zero-order valence-corrected chi connectivity index (χ0v) is 17.4. The second kappa shape index (κ2) is 8.57. The van der Waals surface area contributed by atoms with Crippen molar-refractivity contribution in [1.29, 1.82) is 0 Å². The van der Waals surface area contributed by atoms with Crippen molar-refractivity contribution in [2.45, 2.75) is 32.6 Å². The molecule has 0 aliphatic carbocycles. The highest BCUT2D eigenvalue weighted by molar-refractivity contribution is 7.17. The summed E-state index contributed by atoms with van der Waals surface area (Å²) in [5.41, 5.74) is 3.01. The fourth-order valence-corrected chi connectivity index (χ4v) is 4.01. The van der Waals surface area contributed by atoms with Crippen molar-refractivity contribution in [3.63, 3.8) is 0 Å². The first-order valence-electron chi connectivity index (χ1n) is 9.45. The van der Waals surface area contributed by atoms with Gasteiger partial charge in [-0.2, -0.15) is 0 Å². The van der Waals surface area contributed by atoms with Crippen molar-refractivity contribution in [3.05, 3.63) is 70.6 Å². The van der Waals surface area contributed by atoms with Crippen molar-refractivity contribution in [2.75, 3.05) is 13.1 Å². The van der Waals surface area contributed by atoms with Crippen molar-refractivity contribution in [2.24, 2.45) is 0 Å². The van der Waals surface area contributed by atoms with E-state index in [0.29, 0.717) is 12.1 Å². The molecule has 0 saturated heterocycles. The van der Waals surface area contributed by atoms with Crippen molar-refractivity contribution < 1.29 is 9.59 Å². The second-order valence-corrected chi connectivity index (χ2v) is 8.78. The molecule has 1 aromatic heterocycles. The maximum Gasteiger partial charge on any atom is 0.251 e. The summed E-state index contributed by atoms with van der Waals surface area (Å²) in [5.74, 6) is -0.418. The van der Waals surface area contributed by atoms with Crippen LogP contribution >= 0.6 is 11.3 Å². The number of hydrogen-bond acceptors (Lipinski definition) is 3. The Morgan fingerprint density at radius 2 is 1.68 bits per heavy atom. The molecule has 0 radical (unpaired) electrons. The van der Waals surface area contributed by atoms with Gasteiger partial charge in [0.2, 0.25) is 5.91 Å². The molecule has 0 bridgehead atoms. The van der Waals surface area contributed by atoms with Crippen LogP contribution < -0.4 is 10.6 Å². The smallest absolute Gasteiger partial charge is 0.251 e. The lowest BCUT2D eigenvalue weighted by molar-refractivity contribution is -0.120. The first-order valence-corrected chi connectivity index (χ1v) is 10.3. The predicted octanol–water partition coefficient (Wildman–Crippen LogP) is 4.29. The maximum absolute atomic E-state index is 12.2. The molecule has 3 rings (SSSR count). The summed E-state index contributed by atoms with van der Waals surface area (Å²) in [5, 5.41) is 8.94. The summed E-state index contributed by atoms with van der Waals surface area (Å²) in [6, 6.07) is 15.8. The van der Waals surface area contributed by atoms with Gasteiger partial charge in [0.15, 0.2) is 0 Å². The highest BCUT2D eigenvalue weighted by atomic mass is 32.1. The van der Waals surface area contributed by atoms with Crippen LogP contribution in [0.4, 0.5) is 0 Å². The Morgan fingerprint density at radius 3 is 2.39 bits per heavy atom. The van der Waals surface area contributed by atoms with Crippen molar-refractivity contribution >= 4 is 33.2 Å². The number of carbonyl (C=O) groups is 2. The van der Waals surface area contributed by atoms with Crippen molar-refractivity contribution in [3.8, 4) is 0 Å². The summed E-state index contributed by atoms with van der Waals surface area (Å²) >= 11 is 1.72. The Morgan fingerprint density at radius 1 is 0.964 bits per heavy atom. The van der Waals surface area contributed by atoms with Gasteiger partial charge in [-0.25, -0.2) is 0 Å². The summed E-state index contributed by atoms with van der Waals surface area (Å²) in [7, 11) is 0. The van der Waals surface area contributed by atoms with Gasteiger partial charge in [0.05, 0.1) is 6.54 Å². The third kappa shape index (κ3) is 4.98. The summed E-state index contributed by atoms with van der Waals surface area (Å²) in [6.07, 6.45) is 0.776. The molecule has 146 valence electrons. The lowest BCUT2D eigenvalue weighted by Gasteiger charge is -2.19. The van der Waals surface area contributed by atoms with Crippen LogP contribution in [0.15, 0.2) is 53.9 Å². The van der Waals surface area contributed by atoms with Gasteiger partial charge in [0, 0.05) is 16.8 Å². The molecule has 0 fully saturated rings. The molecule has 0 aliphatic rings. The summed E-state index contributed by atoms with van der Waals surface area (Å²) in [4.78, 5) is 24.3. The molecule has 3 aromatic rings. The molecule has 0 aliphatic heterocycles. The van der Waals surface area contributed by atoms with Gasteiger partial charge < -0.3 is 10.6 Å². The van der Waals surface area contributed by atoms with E-state index in [-0.39, 0.29) is 23.8 Å². The maximum atomic E-state index is 12.2. The highest BCUT2D eigenvalue weighted by Crippen LogP contribution is 2.25. The van der Waals surface area contributed by atoms with Crippen LogP contribution in [-0.4, -0.2) is 24.9 Å². The fraction of sp³-hybridized carbons (Fsp3) is 0.304. The van der Waals surface area contributed by atoms with Gasteiger partial charge in [0.25, 0.3) is 5.91 Å². The average molecular weight is 395 g/mol. The Kier molecular flexibility index (Phi) is 6.15. The Labute approximate surface area is 170 Å². The molecule has 0 atom stereocenters. The zero-order valence-electron chi connectivity index (χ0n) is 16.5. The van der Waals surface area contributed by atoms with Crippen LogP contribution in [0.2, 0.25) is 0 Å². The van der Waals surface area contributed by atoms with Gasteiger partial charge in [-0.3, -0.25) is 9.59 Å². The van der Waals surface area contributed by atoms with Gasteiger partial charge in [-0.05, 0) is 51.9 Å². The SMILES string of the molecule is CC(C)(C)c1ccc(C(=O)NCC(=O)NCCc2csc3ccccc23)cc1. The van der Waals surface area contributed by atoms with Gasteiger partial charge >= 0.3 is 0 Å². The van der Waals surface area contributed by atoms with Gasteiger partial charge in [-0.15, -0.1) is 11.3 Å². The third-order valence-electron chi connectivity index (χ3n) is 4.70. The quantitative estimate of drug-likeness (QED) is 0.655. The topological polar surface area (TPSA) is 58.2 Å². The van der Waals surface area contributed by atoms with E-state index >= 15 is 0 Å². The van der Waals surface area contributed by atoms with E-state index in [2.05, 4.69) is 48.9 Å². The molecule has 0 unspecified atom stereocenters. The number of carbonyl (C=O) groups excluding carboxylic acids is 2. The molecular weight excluding hydrogens is 368 g/mol. The average Bonchev–Trinajstić information content (AvgIpc) is 3.09. The van der Waals surface area contributed by atoms with E-state index in [9.17, 15) is 9.59 Å². The number of amides is 2. The van der Waals surface area contributed by atoms with Crippen LogP contribution in [0.25, 0.3) is 10.1 Å². The van der Waals surface area contributed by atoms with E-state index in [1.165, 1.54) is 21.2 Å². The minimum absolute atomic E-state index is 0.0236. The molecule has 1 heterocycles. The molecule has 5 heteroatoms. The molecule has 4 nitrogen and oxygen atoms in total. The van der Waals surface area contributed by atoms with Gasteiger partial charge in [0.1, 0.15) is 0 Å². The monoisotopic (exact) mass is 394 g/mol. The highest BCUT2D eigenvalue weighted by Gasteiger charge is 2.14. The Balaban J connectivity index is 1.44. The van der Waals surface area contributed by atoms with Crippen LogP contribution in [0, 0.1) is 0 Å². The molecule has 2 aromatic carbocycles. The second-order valence-electron chi connectivity index (χ2n) is 7.87. The van der Waals surface area contributed by atoms with Gasteiger partial charge in [-0.1, -0.05) is 51.1 Å². The van der Waals surface area contributed by atoms with E-state index < -0.39 is 0 Å². The minimum Gasteiger partial charge on any atom is -0.354 e. The fourth-order valence-electron chi connectivity index (χ4n) is 3.01. The summed E-state index contributed by atoms with van der Waals surface area (Å²) in [6.45, 7) is 6.92. The molecule has 2 amide bonds. The van der Waals surface area contributed by atoms with Crippen LogP contribution in [0.1, 0.15) is 42.3 Å². The third-order valence-corrected chi connectivity index (χ3v) is 5.71. The van der Waals surface area contributed by atoms with E-state index in [1.54, 1.807) is 23.5 Å². The number of thiophene rings is 1. The van der Waals surface area contributed by atoms with Crippen LogP contribution in [-0.2, 0) is 16.6 Å². The number of nitrogens with one attached hydrogen (secondary N) is 2. The lowest BCUT2D eigenvalue weighted by atomic mass is 9.87. The Bertz CT molecular complexity index is 968. The van der Waals surface area contributed by atoms with Crippen molar-refractivity contribution in [1.82, 2.24) is 10.6 Å². The first-order chi connectivity index (χ1) is 13.3. The van der Waals surface area contributed by atoms with E-state index in [4.69, 9.17) is 0 Å². The predicted molar refractivity (Wildman–Crippen MR) is 116 cm³/mol. The molecule has 2 N–H and O–H groups in total. The van der Waals surface area contributed by atoms with Crippen LogP contribution in [0.3, 0.4) is 0 Å². The lowest BCUT2D eigenvalue weighted by Crippen LogP contribution is -2.37. The minimum atomic E-state index is -0.237. The van der Waals surface area contributed by atoms with E-state index in [1.807, 2.05) is 24.3 Å².